The number of alkyl halides is 1. The molecule has 11 heavy (non-hydrogen) atoms. The molecule has 0 aromatic carbocycles. The Balaban J connectivity index is 2.83. The molecule has 1 atom stereocenters. The van der Waals surface area contributed by atoms with Crippen LogP contribution < -0.4 is 11.3 Å². The van der Waals surface area contributed by atoms with E-state index in [0.29, 0.717) is 0 Å². The van der Waals surface area contributed by atoms with Crippen molar-refractivity contribution in [2.45, 2.75) is 11.2 Å². The topological polar surface area (TPSA) is 38.0 Å². The first-order valence-electron chi connectivity index (χ1n) is 3.38. The van der Waals surface area contributed by atoms with Crippen molar-refractivity contribution >= 4 is 15.9 Å². The first kappa shape index (κ1) is 8.56. The van der Waals surface area contributed by atoms with E-state index in [2.05, 4.69) is 28.3 Å². The molecule has 1 rings (SSSR count). The molecule has 0 radical (unpaired) electrons. The third-order valence-electron chi connectivity index (χ3n) is 1.45. The highest BCUT2D eigenvalue weighted by molar-refractivity contribution is 9.10. The van der Waals surface area contributed by atoms with Crippen LogP contribution in [0.5, 0.6) is 0 Å². The van der Waals surface area contributed by atoms with Crippen LogP contribution in [0.15, 0.2) is 36.1 Å². The summed E-state index contributed by atoms with van der Waals surface area (Å²) in [6.45, 7) is 2.06. The van der Waals surface area contributed by atoms with E-state index in [-0.39, 0.29) is 4.32 Å². The standard InChI is InChI=1S/C8H11BrN2/c1-8(9)5-2-3-7(11-10)4-6-8/h2-6,11H,10H2,1H3. The monoisotopic (exact) mass is 214 g/mol. The van der Waals surface area contributed by atoms with Gasteiger partial charge in [0, 0.05) is 5.70 Å². The Morgan fingerprint density at radius 2 is 2.27 bits per heavy atom. The molecule has 0 fully saturated rings. The average molecular weight is 215 g/mol. The van der Waals surface area contributed by atoms with E-state index < -0.39 is 0 Å². The first-order valence-corrected chi connectivity index (χ1v) is 4.18. The van der Waals surface area contributed by atoms with Crippen molar-refractivity contribution in [3.8, 4) is 0 Å². The second-order valence-corrected chi connectivity index (χ2v) is 4.32. The molecule has 0 aliphatic heterocycles. The van der Waals surface area contributed by atoms with Gasteiger partial charge in [-0.05, 0) is 19.1 Å². The third-order valence-corrected chi connectivity index (χ3v) is 1.98. The highest BCUT2D eigenvalue weighted by Crippen LogP contribution is 2.22. The fourth-order valence-electron chi connectivity index (χ4n) is 0.800. The maximum atomic E-state index is 5.24. The van der Waals surface area contributed by atoms with Crippen LogP contribution >= 0.6 is 15.9 Å². The summed E-state index contributed by atoms with van der Waals surface area (Å²) in [6, 6.07) is 0. The van der Waals surface area contributed by atoms with Crippen molar-refractivity contribution in [1.82, 2.24) is 5.43 Å². The van der Waals surface area contributed by atoms with Crippen LogP contribution in [0.2, 0.25) is 0 Å². The fourth-order valence-corrected chi connectivity index (χ4v) is 1.08. The summed E-state index contributed by atoms with van der Waals surface area (Å²) in [5.74, 6) is 5.24. The Labute approximate surface area is 74.9 Å². The van der Waals surface area contributed by atoms with E-state index >= 15 is 0 Å². The summed E-state index contributed by atoms with van der Waals surface area (Å²) in [5, 5.41) is 0. The Morgan fingerprint density at radius 3 is 2.91 bits per heavy atom. The van der Waals surface area contributed by atoms with Gasteiger partial charge in [-0.3, -0.25) is 5.84 Å². The van der Waals surface area contributed by atoms with E-state index in [0.717, 1.165) is 5.70 Å². The minimum absolute atomic E-state index is 0.0535. The largest absolute Gasteiger partial charge is 0.324 e. The van der Waals surface area contributed by atoms with Crippen LogP contribution in [-0.2, 0) is 0 Å². The molecule has 2 nitrogen and oxygen atoms in total. The number of hydrogen-bond acceptors (Lipinski definition) is 2. The molecule has 0 amide bonds. The Morgan fingerprint density at radius 1 is 1.55 bits per heavy atom. The summed E-state index contributed by atoms with van der Waals surface area (Å²) in [7, 11) is 0. The van der Waals surface area contributed by atoms with Crippen molar-refractivity contribution in [3.63, 3.8) is 0 Å². The minimum Gasteiger partial charge on any atom is -0.324 e. The molecule has 0 aromatic heterocycles. The van der Waals surface area contributed by atoms with Crippen LogP contribution in [0.4, 0.5) is 0 Å². The Bertz CT molecular complexity index is 226. The van der Waals surface area contributed by atoms with Crippen LogP contribution in [0, 0.1) is 0 Å². The van der Waals surface area contributed by atoms with Gasteiger partial charge in [0.15, 0.2) is 0 Å². The van der Waals surface area contributed by atoms with Gasteiger partial charge < -0.3 is 5.43 Å². The molecular weight excluding hydrogens is 204 g/mol. The normalized spacial score (nSPS) is 29.5. The highest BCUT2D eigenvalue weighted by atomic mass is 79.9. The van der Waals surface area contributed by atoms with Gasteiger partial charge in [-0.25, -0.2) is 0 Å². The molecule has 0 bridgehead atoms. The van der Waals surface area contributed by atoms with Gasteiger partial charge in [-0.15, -0.1) is 0 Å². The number of halogens is 1. The van der Waals surface area contributed by atoms with Gasteiger partial charge in [0.1, 0.15) is 0 Å². The summed E-state index contributed by atoms with van der Waals surface area (Å²) in [6.07, 6.45) is 9.90. The lowest BCUT2D eigenvalue weighted by Gasteiger charge is -2.09. The zero-order valence-corrected chi connectivity index (χ0v) is 7.93. The second kappa shape index (κ2) is 3.24. The molecule has 0 heterocycles. The molecule has 0 saturated carbocycles. The van der Waals surface area contributed by atoms with E-state index in [9.17, 15) is 0 Å². The molecule has 0 spiro atoms. The van der Waals surface area contributed by atoms with Gasteiger partial charge in [0.2, 0.25) is 0 Å². The van der Waals surface area contributed by atoms with Crippen LogP contribution in [0.25, 0.3) is 0 Å². The number of allylic oxidation sites excluding steroid dienone is 5. The van der Waals surface area contributed by atoms with Gasteiger partial charge in [0.25, 0.3) is 0 Å². The summed E-state index contributed by atoms with van der Waals surface area (Å²) in [5.41, 5.74) is 3.49. The maximum Gasteiger partial charge on any atom is 0.0595 e. The third kappa shape index (κ3) is 2.52. The van der Waals surface area contributed by atoms with Crippen molar-refractivity contribution in [2.24, 2.45) is 5.84 Å². The molecule has 0 saturated heterocycles. The molecule has 3 heteroatoms. The van der Waals surface area contributed by atoms with Crippen LogP contribution in [0.1, 0.15) is 6.92 Å². The lowest BCUT2D eigenvalue weighted by molar-refractivity contribution is 0.914. The van der Waals surface area contributed by atoms with Crippen LogP contribution in [-0.4, -0.2) is 4.32 Å². The number of hydrazine groups is 1. The second-order valence-electron chi connectivity index (χ2n) is 2.61. The van der Waals surface area contributed by atoms with Gasteiger partial charge >= 0.3 is 0 Å². The quantitative estimate of drug-likeness (QED) is 0.396. The van der Waals surface area contributed by atoms with Crippen LogP contribution in [0.3, 0.4) is 0 Å². The number of nitrogens with one attached hydrogen (secondary N) is 1. The summed E-state index contributed by atoms with van der Waals surface area (Å²) < 4.78 is -0.0535. The molecule has 60 valence electrons. The van der Waals surface area contributed by atoms with Crippen molar-refractivity contribution < 1.29 is 0 Å². The summed E-state index contributed by atoms with van der Waals surface area (Å²) in [4.78, 5) is 0. The minimum atomic E-state index is -0.0535. The van der Waals surface area contributed by atoms with E-state index in [4.69, 9.17) is 5.84 Å². The molecule has 1 aliphatic rings. The molecule has 3 N–H and O–H groups in total. The zero-order chi connectivity index (χ0) is 8.32. The lowest BCUT2D eigenvalue weighted by atomic mass is 10.1. The van der Waals surface area contributed by atoms with E-state index in [1.54, 1.807) is 0 Å². The predicted molar refractivity (Wildman–Crippen MR) is 51.0 cm³/mol. The highest BCUT2D eigenvalue weighted by Gasteiger charge is 2.11. The smallest absolute Gasteiger partial charge is 0.0595 e. The SMILES string of the molecule is CC1(Br)C=CC=C(NN)C=C1. The maximum absolute atomic E-state index is 5.24. The molecule has 0 aromatic rings. The Hall–Kier alpha value is -0.540. The number of nitrogens with two attached hydrogens (primary N) is 1. The lowest BCUT2D eigenvalue weighted by Crippen LogP contribution is -2.19. The fraction of sp³-hybridized carbons (Fsp3) is 0.250. The van der Waals surface area contributed by atoms with Gasteiger partial charge in [-0.2, -0.15) is 0 Å². The van der Waals surface area contributed by atoms with Gasteiger partial charge in [0.05, 0.1) is 4.32 Å². The first-order chi connectivity index (χ1) is 5.14. The zero-order valence-electron chi connectivity index (χ0n) is 6.34. The van der Waals surface area contributed by atoms with Crippen molar-refractivity contribution in [2.75, 3.05) is 0 Å². The number of rotatable bonds is 1. The number of hydrogen-bond donors (Lipinski definition) is 2. The molecule has 1 unspecified atom stereocenters. The average Bonchev–Trinajstić information content (AvgIpc) is 2.10. The van der Waals surface area contributed by atoms with E-state index in [1.165, 1.54) is 0 Å². The van der Waals surface area contributed by atoms with Crippen molar-refractivity contribution in [3.05, 3.63) is 36.1 Å². The predicted octanol–water partition coefficient (Wildman–Crippen LogP) is 1.61. The Kier molecular flexibility index (Phi) is 2.52. The van der Waals surface area contributed by atoms with E-state index in [1.807, 2.05) is 30.4 Å². The summed E-state index contributed by atoms with van der Waals surface area (Å²) >= 11 is 3.52. The molecular formula is C8H11BrN2. The van der Waals surface area contributed by atoms with Crippen molar-refractivity contribution in [1.29, 1.82) is 0 Å². The molecule has 1 aliphatic carbocycles. The van der Waals surface area contributed by atoms with Gasteiger partial charge in [-0.1, -0.05) is 34.2 Å².